The number of hydrogen-bond acceptors (Lipinski definition) is 0. The van der Waals surface area contributed by atoms with Gasteiger partial charge in [0.1, 0.15) is 0 Å². The third-order valence-corrected chi connectivity index (χ3v) is 0. The first-order chi connectivity index (χ1) is 1.00. The Hall–Kier alpha value is 1.25. The summed E-state index contributed by atoms with van der Waals surface area (Å²) < 4.78 is 0. The van der Waals surface area contributed by atoms with Crippen LogP contribution in [0.1, 0.15) is 6.92 Å². The Morgan fingerprint density at radius 1 is 1.25 bits per heavy atom. The van der Waals surface area contributed by atoms with E-state index in [0.29, 0.717) is 0 Å². The molecule has 0 fully saturated rings. The van der Waals surface area contributed by atoms with Crippen molar-refractivity contribution in [2.45, 2.75) is 6.92 Å². The van der Waals surface area contributed by atoms with Crippen LogP contribution < -0.4 is 0 Å². The van der Waals surface area contributed by atoms with Crippen LogP contribution in [0.25, 0.3) is 0 Å². The van der Waals surface area contributed by atoms with Crippen molar-refractivity contribution in [2.24, 2.45) is 0 Å². The fourth-order valence-electron chi connectivity index (χ4n) is 0. The molecule has 0 aliphatic carbocycles. The first-order valence-electron chi connectivity index (χ1n) is 0.707. The second-order valence-corrected chi connectivity index (χ2v) is 0. The molecule has 0 aromatic carbocycles. The molecular weight excluding hydrogens is 226 g/mol. The summed E-state index contributed by atoms with van der Waals surface area (Å²) in [6, 6.07) is 0. The van der Waals surface area contributed by atoms with Gasteiger partial charge in [0, 0.05) is 19.5 Å². The van der Waals surface area contributed by atoms with E-state index in [1.165, 1.54) is 0 Å². The van der Waals surface area contributed by atoms with Gasteiger partial charge >= 0.3 is 19.5 Å². The maximum Gasteiger partial charge on any atom is 1.00 e. The second kappa shape index (κ2) is 28.8. The van der Waals surface area contributed by atoms with Gasteiger partial charge in [0.05, 0.1) is 0 Å². The van der Waals surface area contributed by atoms with Gasteiger partial charge in [-0.2, -0.15) is 6.92 Å². The molecule has 2 heteroatoms. The summed E-state index contributed by atoms with van der Waals surface area (Å²) in [4.78, 5) is 0. The van der Waals surface area contributed by atoms with Crippen LogP contribution in [0.15, 0.2) is 0 Å². The molecule has 0 amide bonds. The van der Waals surface area contributed by atoms with E-state index in [1.54, 1.807) is 6.92 Å². The molecule has 0 bridgehead atoms. The van der Waals surface area contributed by atoms with E-state index in [9.17, 15) is 0 Å². The van der Waals surface area contributed by atoms with Gasteiger partial charge < -0.3 is 6.92 Å². The molecule has 0 N–H and O–H groups in total. The average molecular weight is 231 g/mol. The van der Waals surface area contributed by atoms with E-state index in [-0.39, 0.29) is 39.0 Å². The predicted octanol–water partition coefficient (Wildman–Crippen LogP) is 0.835. The van der Waals surface area contributed by atoms with Crippen molar-refractivity contribution in [1.82, 2.24) is 0 Å². The number of hydrogen-bond donors (Lipinski definition) is 0. The Bertz CT molecular complexity index is 4.00. The molecule has 4 heavy (non-hydrogen) atoms. The molecule has 0 unspecified atom stereocenters. The van der Waals surface area contributed by atoms with E-state index in [1.807, 2.05) is 0 Å². The Labute approximate surface area is 52.9 Å². The van der Waals surface area contributed by atoms with E-state index < -0.39 is 0 Å². The fraction of sp³-hybridized carbons (Fsp3) is 0.500. The zero-order valence-corrected chi connectivity index (χ0v) is 5.89. The Kier molecular flexibility index (Phi) is 135. The van der Waals surface area contributed by atoms with Crippen molar-refractivity contribution in [3.05, 3.63) is 6.92 Å². The van der Waals surface area contributed by atoms with Gasteiger partial charge in [-0.3, -0.25) is 0 Å². The van der Waals surface area contributed by atoms with Crippen LogP contribution in [-0.4, -0.2) is 0 Å². The van der Waals surface area contributed by atoms with Crippen molar-refractivity contribution < 1.29 is 39.0 Å². The summed E-state index contributed by atoms with van der Waals surface area (Å²) in [5.74, 6) is 0. The maximum atomic E-state index is 3.25. The standard InChI is InChI=1S/C2H5.2Ru/c1-2;;/h1H2,2H3;;/q-1;;+1. The SMILES string of the molecule is [CH2-]C.[Ru+].[Ru]. The van der Waals surface area contributed by atoms with E-state index >= 15 is 0 Å². The second-order valence-electron chi connectivity index (χ2n) is 0. The van der Waals surface area contributed by atoms with Crippen LogP contribution in [0.5, 0.6) is 0 Å². The minimum atomic E-state index is 0. The minimum Gasteiger partial charge on any atom is -0.346 e. The van der Waals surface area contributed by atoms with Crippen molar-refractivity contribution in [3.63, 3.8) is 0 Å². The summed E-state index contributed by atoms with van der Waals surface area (Å²) in [7, 11) is 0. The monoisotopic (exact) mass is 233 g/mol. The molecule has 0 aliphatic heterocycles. The summed E-state index contributed by atoms with van der Waals surface area (Å²) in [6.07, 6.45) is 0. The van der Waals surface area contributed by atoms with Crippen molar-refractivity contribution >= 4 is 0 Å². The molecule has 0 rings (SSSR count). The van der Waals surface area contributed by atoms with Crippen LogP contribution in [0.4, 0.5) is 0 Å². The van der Waals surface area contributed by atoms with E-state index in [0.717, 1.165) is 0 Å². The summed E-state index contributed by atoms with van der Waals surface area (Å²) in [6.45, 7) is 5.00. The molecule has 0 aromatic heterocycles. The van der Waals surface area contributed by atoms with Crippen LogP contribution in [0.2, 0.25) is 0 Å². The molecule has 0 spiro atoms. The third kappa shape index (κ3) is 10.5. The van der Waals surface area contributed by atoms with Crippen LogP contribution >= 0.6 is 0 Å². The molecule has 0 heterocycles. The van der Waals surface area contributed by atoms with E-state index in [4.69, 9.17) is 0 Å². The maximum absolute atomic E-state index is 3.25. The topological polar surface area (TPSA) is 0 Å². The molecule has 1 radical (unpaired) electrons. The normalized spacial score (nSPS) is 1.50. The zero-order valence-electron chi connectivity index (χ0n) is 2.41. The third-order valence-electron chi connectivity index (χ3n) is 0. The largest absolute Gasteiger partial charge is 1.00 e. The van der Waals surface area contributed by atoms with Gasteiger partial charge in [-0.25, -0.2) is 0 Å². The molecular formula is C2H5Ru2. The van der Waals surface area contributed by atoms with Crippen molar-refractivity contribution in [1.29, 1.82) is 0 Å². The smallest absolute Gasteiger partial charge is 0.346 e. The average Bonchev–Trinajstić information content (AvgIpc) is 1.00. The van der Waals surface area contributed by atoms with Crippen LogP contribution in [0.3, 0.4) is 0 Å². The molecule has 0 nitrogen and oxygen atoms in total. The molecule has 0 aliphatic rings. The summed E-state index contributed by atoms with van der Waals surface area (Å²) in [5, 5.41) is 0. The van der Waals surface area contributed by atoms with Crippen molar-refractivity contribution in [2.75, 3.05) is 0 Å². The van der Waals surface area contributed by atoms with Gasteiger partial charge in [0.25, 0.3) is 0 Å². The molecule has 0 atom stereocenters. The quantitative estimate of drug-likeness (QED) is 0.428. The Morgan fingerprint density at radius 2 is 1.25 bits per heavy atom. The molecule has 0 saturated heterocycles. The fourth-order valence-corrected chi connectivity index (χ4v) is 0. The van der Waals surface area contributed by atoms with E-state index in [2.05, 4.69) is 6.92 Å². The molecule has 0 saturated carbocycles. The molecule has 0 aromatic rings. The Morgan fingerprint density at radius 3 is 1.25 bits per heavy atom. The Balaban J connectivity index is -0.00000000500. The first-order valence-corrected chi connectivity index (χ1v) is 0.707. The zero-order chi connectivity index (χ0) is 2.00. The van der Waals surface area contributed by atoms with Gasteiger partial charge in [0.2, 0.25) is 0 Å². The first kappa shape index (κ1) is 18.7. The predicted molar refractivity (Wildman–Crippen MR) is 11.0 cm³/mol. The number of rotatable bonds is 0. The van der Waals surface area contributed by atoms with Gasteiger partial charge in [-0.15, -0.1) is 0 Å². The van der Waals surface area contributed by atoms with Crippen LogP contribution in [0, 0.1) is 6.92 Å². The van der Waals surface area contributed by atoms with Gasteiger partial charge in [0.15, 0.2) is 0 Å². The van der Waals surface area contributed by atoms with Crippen LogP contribution in [-0.2, 0) is 39.0 Å². The van der Waals surface area contributed by atoms with Crippen molar-refractivity contribution in [3.8, 4) is 0 Å². The summed E-state index contributed by atoms with van der Waals surface area (Å²) >= 11 is 0. The minimum absolute atomic E-state index is 0. The van der Waals surface area contributed by atoms with Gasteiger partial charge in [-0.1, -0.05) is 0 Å². The summed E-state index contributed by atoms with van der Waals surface area (Å²) in [5.41, 5.74) is 0. The molecule has 29 valence electrons. The van der Waals surface area contributed by atoms with Gasteiger partial charge in [-0.05, 0) is 0 Å².